The van der Waals surface area contributed by atoms with Crippen LogP contribution in [0.5, 0.6) is 0 Å². The van der Waals surface area contributed by atoms with Crippen LogP contribution in [0.2, 0.25) is 0 Å². The van der Waals surface area contributed by atoms with Crippen molar-refractivity contribution in [3.63, 3.8) is 0 Å². The van der Waals surface area contributed by atoms with Crippen LogP contribution in [-0.2, 0) is 23.8 Å². The van der Waals surface area contributed by atoms with Gasteiger partial charge in [0.05, 0.1) is 11.5 Å². The zero-order valence-electron chi connectivity index (χ0n) is 12.0. The SMILES string of the molecule is C=CC(=O)OCC(C)(C)C(OC(=O)C=C)OC(C)C. The summed E-state index contributed by atoms with van der Waals surface area (Å²) in [6.07, 6.45) is 1.15. The number of carbonyl (C=O) groups excluding carboxylic acids is 2. The highest BCUT2D eigenvalue weighted by atomic mass is 16.7. The van der Waals surface area contributed by atoms with E-state index in [-0.39, 0.29) is 12.7 Å². The fourth-order valence-electron chi connectivity index (χ4n) is 1.16. The van der Waals surface area contributed by atoms with Crippen molar-refractivity contribution in [3.05, 3.63) is 25.3 Å². The Bertz CT molecular complexity index is 344. The minimum Gasteiger partial charge on any atom is -0.462 e. The largest absolute Gasteiger partial charge is 0.462 e. The van der Waals surface area contributed by atoms with Gasteiger partial charge in [0.15, 0.2) is 0 Å². The highest BCUT2D eigenvalue weighted by Crippen LogP contribution is 2.26. The van der Waals surface area contributed by atoms with E-state index >= 15 is 0 Å². The van der Waals surface area contributed by atoms with Crippen LogP contribution in [-0.4, -0.2) is 30.9 Å². The number of rotatable bonds is 8. The van der Waals surface area contributed by atoms with Crippen LogP contribution in [0.3, 0.4) is 0 Å². The van der Waals surface area contributed by atoms with Crippen LogP contribution < -0.4 is 0 Å². The Morgan fingerprint density at radius 2 is 1.68 bits per heavy atom. The van der Waals surface area contributed by atoms with Crippen molar-refractivity contribution >= 4 is 11.9 Å². The molecule has 0 bridgehead atoms. The van der Waals surface area contributed by atoms with Gasteiger partial charge in [0.2, 0.25) is 6.29 Å². The minimum atomic E-state index is -0.837. The van der Waals surface area contributed by atoms with Crippen molar-refractivity contribution in [2.45, 2.75) is 40.1 Å². The molecule has 5 nitrogen and oxygen atoms in total. The van der Waals surface area contributed by atoms with Crippen molar-refractivity contribution in [2.75, 3.05) is 6.61 Å². The Morgan fingerprint density at radius 3 is 2.11 bits per heavy atom. The van der Waals surface area contributed by atoms with Gasteiger partial charge >= 0.3 is 11.9 Å². The van der Waals surface area contributed by atoms with E-state index < -0.39 is 23.6 Å². The van der Waals surface area contributed by atoms with Crippen LogP contribution in [0.25, 0.3) is 0 Å². The van der Waals surface area contributed by atoms with E-state index in [4.69, 9.17) is 14.2 Å². The van der Waals surface area contributed by atoms with Crippen LogP contribution in [0.4, 0.5) is 0 Å². The van der Waals surface area contributed by atoms with E-state index in [9.17, 15) is 9.59 Å². The van der Waals surface area contributed by atoms with E-state index in [1.165, 1.54) is 0 Å². The van der Waals surface area contributed by atoms with Crippen molar-refractivity contribution in [3.8, 4) is 0 Å². The molecule has 19 heavy (non-hydrogen) atoms. The van der Waals surface area contributed by atoms with E-state index in [1.807, 2.05) is 13.8 Å². The molecule has 5 heteroatoms. The molecule has 0 aromatic heterocycles. The van der Waals surface area contributed by atoms with E-state index in [2.05, 4.69) is 13.2 Å². The maximum atomic E-state index is 11.3. The van der Waals surface area contributed by atoms with Crippen LogP contribution in [0.1, 0.15) is 27.7 Å². The molecule has 0 saturated carbocycles. The Balaban J connectivity index is 4.77. The zero-order chi connectivity index (χ0) is 15.1. The molecule has 0 aliphatic heterocycles. The molecular formula is C14H22O5. The molecule has 0 aliphatic rings. The minimum absolute atomic E-state index is 0.0413. The highest BCUT2D eigenvalue weighted by Gasteiger charge is 2.35. The first-order valence-corrected chi connectivity index (χ1v) is 6.00. The predicted octanol–water partition coefficient (Wildman–Crippen LogP) is 2.22. The van der Waals surface area contributed by atoms with Gasteiger partial charge in [-0.2, -0.15) is 0 Å². The van der Waals surface area contributed by atoms with Gasteiger partial charge in [-0.05, 0) is 13.8 Å². The standard InChI is InChI=1S/C14H22O5/c1-7-11(15)17-9-14(5,6)13(18-10(3)4)19-12(16)8-2/h7-8,10,13H,1-2,9H2,3-6H3. The van der Waals surface area contributed by atoms with Gasteiger partial charge in [0.1, 0.15) is 6.61 Å². The fraction of sp³-hybridized carbons (Fsp3) is 0.571. The third kappa shape index (κ3) is 6.76. The van der Waals surface area contributed by atoms with Gasteiger partial charge in [-0.25, -0.2) is 9.59 Å². The predicted molar refractivity (Wildman–Crippen MR) is 71.2 cm³/mol. The van der Waals surface area contributed by atoms with Gasteiger partial charge in [0, 0.05) is 12.2 Å². The zero-order valence-corrected chi connectivity index (χ0v) is 12.0. The molecule has 0 radical (unpaired) electrons. The maximum absolute atomic E-state index is 11.3. The summed E-state index contributed by atoms with van der Waals surface area (Å²) in [5.74, 6) is -1.12. The summed E-state index contributed by atoms with van der Waals surface area (Å²) in [5.41, 5.74) is -0.693. The number of esters is 2. The van der Waals surface area contributed by atoms with Crippen LogP contribution in [0.15, 0.2) is 25.3 Å². The Labute approximate surface area is 114 Å². The second-order valence-corrected chi connectivity index (χ2v) is 4.96. The smallest absolute Gasteiger partial charge is 0.332 e. The number of hydrogen-bond acceptors (Lipinski definition) is 5. The van der Waals surface area contributed by atoms with Crippen LogP contribution >= 0.6 is 0 Å². The molecule has 0 heterocycles. The molecule has 0 aromatic carbocycles. The first-order chi connectivity index (χ1) is 8.72. The molecule has 0 amide bonds. The first-order valence-electron chi connectivity index (χ1n) is 6.00. The topological polar surface area (TPSA) is 61.8 Å². The van der Waals surface area contributed by atoms with Crippen molar-refractivity contribution in [1.82, 2.24) is 0 Å². The Hall–Kier alpha value is -1.62. The molecule has 0 fully saturated rings. The highest BCUT2D eigenvalue weighted by molar-refractivity contribution is 5.81. The quantitative estimate of drug-likeness (QED) is 0.384. The van der Waals surface area contributed by atoms with Gasteiger partial charge in [-0.1, -0.05) is 27.0 Å². The second-order valence-electron chi connectivity index (χ2n) is 4.96. The van der Waals surface area contributed by atoms with E-state index in [0.29, 0.717) is 0 Å². The average molecular weight is 270 g/mol. The summed E-state index contributed by atoms with van der Waals surface area (Å²) in [6.45, 7) is 13.9. The lowest BCUT2D eigenvalue weighted by atomic mass is 9.93. The van der Waals surface area contributed by atoms with Crippen molar-refractivity contribution in [1.29, 1.82) is 0 Å². The van der Waals surface area contributed by atoms with E-state index in [1.54, 1.807) is 13.8 Å². The molecule has 0 N–H and O–H groups in total. The summed E-state index contributed by atoms with van der Waals surface area (Å²) in [6, 6.07) is 0. The summed E-state index contributed by atoms with van der Waals surface area (Å²) < 4.78 is 15.7. The summed E-state index contributed by atoms with van der Waals surface area (Å²) >= 11 is 0. The molecule has 0 spiro atoms. The number of hydrogen-bond donors (Lipinski definition) is 0. The van der Waals surface area contributed by atoms with Gasteiger partial charge in [-0.3, -0.25) is 0 Å². The summed E-state index contributed by atoms with van der Waals surface area (Å²) in [5, 5.41) is 0. The number of carbonyl (C=O) groups is 2. The summed E-state index contributed by atoms with van der Waals surface area (Å²) in [7, 11) is 0. The Morgan fingerprint density at radius 1 is 1.16 bits per heavy atom. The van der Waals surface area contributed by atoms with Crippen molar-refractivity contribution in [2.24, 2.45) is 5.41 Å². The molecule has 108 valence electrons. The molecule has 1 atom stereocenters. The van der Waals surface area contributed by atoms with E-state index in [0.717, 1.165) is 12.2 Å². The van der Waals surface area contributed by atoms with Gasteiger partial charge < -0.3 is 14.2 Å². The lowest BCUT2D eigenvalue weighted by molar-refractivity contribution is -0.220. The number of ether oxygens (including phenoxy) is 3. The summed E-state index contributed by atoms with van der Waals surface area (Å²) in [4.78, 5) is 22.4. The third-order valence-electron chi connectivity index (χ3n) is 2.18. The lowest BCUT2D eigenvalue weighted by Gasteiger charge is -2.33. The molecule has 0 aliphatic carbocycles. The Kier molecular flexibility index (Phi) is 7.08. The second kappa shape index (κ2) is 7.74. The average Bonchev–Trinajstić information content (AvgIpc) is 2.34. The van der Waals surface area contributed by atoms with Gasteiger partial charge in [0.25, 0.3) is 0 Å². The van der Waals surface area contributed by atoms with Crippen molar-refractivity contribution < 1.29 is 23.8 Å². The molecule has 0 aromatic rings. The molecule has 0 saturated heterocycles. The lowest BCUT2D eigenvalue weighted by Crippen LogP contribution is -2.41. The molecule has 1 unspecified atom stereocenters. The molecular weight excluding hydrogens is 248 g/mol. The first kappa shape index (κ1) is 17.4. The maximum Gasteiger partial charge on any atom is 0.332 e. The molecule has 0 rings (SSSR count). The monoisotopic (exact) mass is 270 g/mol. The third-order valence-corrected chi connectivity index (χ3v) is 2.18. The van der Waals surface area contributed by atoms with Gasteiger partial charge in [-0.15, -0.1) is 0 Å². The normalized spacial score (nSPS) is 12.7. The van der Waals surface area contributed by atoms with Crippen LogP contribution in [0, 0.1) is 5.41 Å². The fourth-order valence-corrected chi connectivity index (χ4v) is 1.16.